The Hall–Kier alpha value is -2.61. The van der Waals surface area contributed by atoms with Crippen molar-refractivity contribution in [2.24, 2.45) is 5.92 Å². The van der Waals surface area contributed by atoms with E-state index in [9.17, 15) is 14.0 Å². The summed E-state index contributed by atoms with van der Waals surface area (Å²) in [7, 11) is 0. The van der Waals surface area contributed by atoms with Gasteiger partial charge in [-0.15, -0.1) is 0 Å². The van der Waals surface area contributed by atoms with Crippen molar-refractivity contribution in [3.63, 3.8) is 0 Å². The number of anilines is 1. The molecule has 0 saturated heterocycles. The van der Waals surface area contributed by atoms with Crippen molar-refractivity contribution in [2.75, 3.05) is 11.1 Å². The number of benzene rings is 1. The molecule has 1 aromatic heterocycles. The predicted molar refractivity (Wildman–Crippen MR) is 116 cm³/mol. The standard InChI is InChI=1S/C22H26FN3O3S/c1-11(2)10-30-22-25-19-18(20(27)26-22)17(14-7-6-8-15(23)9-14)16(13(5)24-19)21(28)29-12(3)4/h6-9,11-12,17H,10H2,1-5H3,(H2,24,25,26,27)/t17-/m0/s1. The van der Waals surface area contributed by atoms with Crippen LogP contribution in [0.4, 0.5) is 10.2 Å². The van der Waals surface area contributed by atoms with Crippen LogP contribution in [0.2, 0.25) is 0 Å². The van der Waals surface area contributed by atoms with Gasteiger partial charge in [-0.2, -0.15) is 0 Å². The van der Waals surface area contributed by atoms with E-state index < -0.39 is 17.7 Å². The van der Waals surface area contributed by atoms with Gasteiger partial charge >= 0.3 is 5.97 Å². The summed E-state index contributed by atoms with van der Waals surface area (Å²) in [6, 6.07) is 5.90. The monoisotopic (exact) mass is 431 g/mol. The van der Waals surface area contributed by atoms with Gasteiger partial charge in [0.2, 0.25) is 0 Å². The number of nitrogens with zero attached hydrogens (tertiary/aromatic N) is 1. The largest absolute Gasteiger partial charge is 0.460 e. The van der Waals surface area contributed by atoms with Crippen molar-refractivity contribution in [1.82, 2.24) is 9.97 Å². The molecule has 30 heavy (non-hydrogen) atoms. The second kappa shape index (κ2) is 9.04. The summed E-state index contributed by atoms with van der Waals surface area (Å²) in [5.41, 5.74) is 1.20. The molecule has 2 aromatic rings. The zero-order valence-corrected chi connectivity index (χ0v) is 18.5. The van der Waals surface area contributed by atoms with Crippen molar-refractivity contribution in [3.05, 3.63) is 62.8 Å². The number of hydrogen-bond donors (Lipinski definition) is 2. The van der Waals surface area contributed by atoms with E-state index in [-0.39, 0.29) is 22.8 Å². The van der Waals surface area contributed by atoms with Crippen LogP contribution in [0.25, 0.3) is 0 Å². The third-order valence-corrected chi connectivity index (χ3v) is 5.82. The van der Waals surface area contributed by atoms with Crippen molar-refractivity contribution < 1.29 is 13.9 Å². The molecule has 0 spiro atoms. The molecule has 0 bridgehead atoms. The summed E-state index contributed by atoms with van der Waals surface area (Å²) in [6.07, 6.45) is -0.335. The third kappa shape index (κ3) is 4.75. The van der Waals surface area contributed by atoms with Gasteiger partial charge in [0.25, 0.3) is 5.56 Å². The summed E-state index contributed by atoms with van der Waals surface area (Å²) in [6.45, 7) is 9.40. The van der Waals surface area contributed by atoms with Crippen LogP contribution in [0.5, 0.6) is 0 Å². The number of fused-ring (bicyclic) bond motifs is 1. The molecule has 6 nitrogen and oxygen atoms in total. The van der Waals surface area contributed by atoms with Gasteiger partial charge in [0.15, 0.2) is 5.16 Å². The number of hydrogen-bond acceptors (Lipinski definition) is 6. The van der Waals surface area contributed by atoms with Crippen LogP contribution in [-0.4, -0.2) is 27.8 Å². The van der Waals surface area contributed by atoms with Crippen molar-refractivity contribution in [2.45, 2.75) is 51.8 Å². The van der Waals surface area contributed by atoms with Crippen LogP contribution in [0.3, 0.4) is 0 Å². The molecule has 0 fully saturated rings. The van der Waals surface area contributed by atoms with Gasteiger partial charge in [-0.3, -0.25) is 4.79 Å². The molecule has 1 aromatic carbocycles. The molecular weight excluding hydrogens is 405 g/mol. The Balaban J connectivity index is 2.16. The van der Waals surface area contributed by atoms with Crippen LogP contribution < -0.4 is 10.9 Å². The Morgan fingerprint density at radius 1 is 1.30 bits per heavy atom. The first-order valence-electron chi connectivity index (χ1n) is 9.88. The molecule has 8 heteroatoms. The molecule has 160 valence electrons. The molecular formula is C22H26FN3O3S. The van der Waals surface area contributed by atoms with E-state index >= 15 is 0 Å². The quantitative estimate of drug-likeness (QED) is 0.400. The van der Waals surface area contributed by atoms with Crippen molar-refractivity contribution >= 4 is 23.5 Å². The first kappa shape index (κ1) is 22.1. The van der Waals surface area contributed by atoms with Crippen LogP contribution in [-0.2, 0) is 9.53 Å². The third-order valence-electron chi connectivity index (χ3n) is 4.52. The molecule has 3 rings (SSSR count). The SMILES string of the molecule is CC1=C(C(=O)OC(C)C)[C@H](c2cccc(F)c2)c2c(nc(SCC(C)C)[nH]c2=O)N1. The average Bonchev–Trinajstić information content (AvgIpc) is 2.64. The number of ether oxygens (including phenoxy) is 1. The number of nitrogens with one attached hydrogen (secondary N) is 2. The van der Waals surface area contributed by atoms with Gasteiger partial charge < -0.3 is 15.0 Å². The predicted octanol–water partition coefficient (Wildman–Crippen LogP) is 4.44. The molecule has 0 amide bonds. The van der Waals surface area contributed by atoms with E-state index in [0.29, 0.717) is 28.2 Å². The highest BCUT2D eigenvalue weighted by Gasteiger charge is 2.36. The lowest BCUT2D eigenvalue weighted by Crippen LogP contribution is -2.32. The first-order chi connectivity index (χ1) is 14.2. The molecule has 1 atom stereocenters. The lowest BCUT2D eigenvalue weighted by Gasteiger charge is -2.29. The molecule has 1 aliphatic rings. The van der Waals surface area contributed by atoms with Crippen molar-refractivity contribution in [3.8, 4) is 0 Å². The van der Waals surface area contributed by atoms with Crippen LogP contribution in [0, 0.1) is 11.7 Å². The number of allylic oxidation sites excluding steroid dienone is 1. The van der Waals surface area contributed by atoms with E-state index in [0.717, 1.165) is 5.75 Å². The van der Waals surface area contributed by atoms with Gasteiger partial charge in [-0.25, -0.2) is 14.2 Å². The highest BCUT2D eigenvalue weighted by Crippen LogP contribution is 2.40. The Morgan fingerprint density at radius 3 is 2.67 bits per heavy atom. The van der Waals surface area contributed by atoms with Crippen LogP contribution >= 0.6 is 11.8 Å². The maximum absolute atomic E-state index is 14.0. The number of carbonyl (C=O) groups is 1. The smallest absolute Gasteiger partial charge is 0.337 e. The van der Waals surface area contributed by atoms with Gasteiger partial charge in [0.1, 0.15) is 11.6 Å². The minimum Gasteiger partial charge on any atom is -0.460 e. The normalized spacial score (nSPS) is 15.9. The zero-order chi connectivity index (χ0) is 22.0. The summed E-state index contributed by atoms with van der Waals surface area (Å²) >= 11 is 1.46. The van der Waals surface area contributed by atoms with E-state index in [1.807, 2.05) is 0 Å². The zero-order valence-electron chi connectivity index (χ0n) is 17.7. The van der Waals surface area contributed by atoms with Gasteiger partial charge in [-0.1, -0.05) is 37.7 Å². The Labute approximate surface area is 179 Å². The van der Waals surface area contributed by atoms with E-state index in [1.165, 1.54) is 23.9 Å². The maximum Gasteiger partial charge on any atom is 0.337 e. The molecule has 0 saturated carbocycles. The molecule has 0 radical (unpaired) electrons. The number of H-pyrrole nitrogens is 1. The Bertz CT molecular complexity index is 1050. The molecule has 0 aliphatic carbocycles. The fourth-order valence-electron chi connectivity index (χ4n) is 3.31. The summed E-state index contributed by atoms with van der Waals surface area (Å²) in [5, 5.41) is 3.59. The maximum atomic E-state index is 14.0. The minimum absolute atomic E-state index is 0.274. The molecule has 2 heterocycles. The molecule has 1 aliphatic heterocycles. The Morgan fingerprint density at radius 2 is 2.03 bits per heavy atom. The minimum atomic E-state index is -0.788. The van der Waals surface area contributed by atoms with Crippen LogP contribution in [0.1, 0.15) is 51.7 Å². The van der Waals surface area contributed by atoms with Gasteiger partial charge in [0, 0.05) is 11.4 Å². The fourth-order valence-corrected chi connectivity index (χ4v) is 4.12. The van der Waals surface area contributed by atoms with E-state index in [2.05, 4.69) is 29.1 Å². The second-order valence-electron chi connectivity index (χ2n) is 7.94. The average molecular weight is 432 g/mol. The van der Waals surface area contributed by atoms with Crippen LogP contribution in [0.15, 0.2) is 45.5 Å². The number of aromatic nitrogens is 2. The fraction of sp³-hybridized carbons (Fsp3) is 0.409. The van der Waals surface area contributed by atoms with E-state index in [4.69, 9.17) is 4.74 Å². The highest BCUT2D eigenvalue weighted by atomic mass is 32.2. The number of esters is 1. The van der Waals surface area contributed by atoms with E-state index in [1.54, 1.807) is 32.9 Å². The van der Waals surface area contributed by atoms with Gasteiger partial charge in [-0.05, 0) is 44.4 Å². The molecule has 2 N–H and O–H groups in total. The topological polar surface area (TPSA) is 84.1 Å². The Kier molecular flexibility index (Phi) is 6.65. The van der Waals surface area contributed by atoms with Gasteiger partial charge in [0.05, 0.1) is 23.2 Å². The first-order valence-corrected chi connectivity index (χ1v) is 10.9. The van der Waals surface area contributed by atoms with Crippen molar-refractivity contribution in [1.29, 1.82) is 0 Å². The number of thioether (sulfide) groups is 1. The number of carbonyl (C=O) groups excluding carboxylic acids is 1. The highest BCUT2D eigenvalue weighted by molar-refractivity contribution is 7.99. The second-order valence-corrected chi connectivity index (χ2v) is 8.95. The number of aromatic amines is 1. The lowest BCUT2D eigenvalue weighted by atomic mass is 9.82. The summed E-state index contributed by atoms with van der Waals surface area (Å²) in [4.78, 5) is 33.4. The summed E-state index contributed by atoms with van der Waals surface area (Å²) in [5.74, 6) is -0.178. The molecule has 0 unspecified atom stereocenters. The number of halogens is 1. The number of rotatable bonds is 6. The lowest BCUT2D eigenvalue weighted by molar-refractivity contribution is -0.143. The summed E-state index contributed by atoms with van der Waals surface area (Å²) < 4.78 is 19.4.